The summed E-state index contributed by atoms with van der Waals surface area (Å²) in [6.07, 6.45) is 4.58. The average molecular weight is 252 g/mol. The van der Waals surface area contributed by atoms with Crippen LogP contribution in [-0.4, -0.2) is 31.6 Å². The van der Waals surface area contributed by atoms with Gasteiger partial charge in [-0.15, -0.1) is 0 Å². The molecule has 0 aromatic heterocycles. The predicted molar refractivity (Wildman–Crippen MR) is 63.3 cm³/mol. The first-order chi connectivity index (χ1) is 6.80. The number of hydrogen-bond donors (Lipinski definition) is 0. The molecular formula is C10H18ClNO2S. The van der Waals surface area contributed by atoms with Crippen molar-refractivity contribution in [2.75, 3.05) is 12.8 Å². The molecule has 1 unspecified atom stereocenters. The molecule has 1 heterocycles. The summed E-state index contributed by atoms with van der Waals surface area (Å²) in [7, 11) is -3.11. The standard InChI is InChI=1S/C10H18ClNO2S/c1-8(2)6-10-7-9(11)4-5-12(10)15(3,13)14/h7-8,10H,4-6H2,1-3H3. The number of halogens is 1. The highest BCUT2D eigenvalue weighted by Gasteiger charge is 2.28. The second-order valence-electron chi connectivity index (χ2n) is 4.43. The minimum absolute atomic E-state index is 0.0683. The smallest absolute Gasteiger partial charge is 0.211 e. The van der Waals surface area contributed by atoms with Crippen molar-refractivity contribution >= 4 is 21.6 Å². The highest BCUT2D eigenvalue weighted by Crippen LogP contribution is 2.25. The molecular weight excluding hydrogens is 234 g/mol. The van der Waals surface area contributed by atoms with Crippen molar-refractivity contribution in [3.63, 3.8) is 0 Å². The van der Waals surface area contributed by atoms with Crippen LogP contribution in [0.5, 0.6) is 0 Å². The first-order valence-corrected chi connectivity index (χ1v) is 7.36. The third-order valence-corrected chi connectivity index (χ3v) is 4.07. The normalized spacial score (nSPS) is 24.3. The maximum absolute atomic E-state index is 11.5. The van der Waals surface area contributed by atoms with Gasteiger partial charge in [0.05, 0.1) is 6.26 Å². The van der Waals surface area contributed by atoms with Crippen molar-refractivity contribution in [2.24, 2.45) is 5.92 Å². The average Bonchev–Trinajstić information content (AvgIpc) is 1.99. The van der Waals surface area contributed by atoms with Gasteiger partial charge in [0.25, 0.3) is 0 Å². The first-order valence-electron chi connectivity index (χ1n) is 5.13. The summed E-state index contributed by atoms with van der Waals surface area (Å²) in [5.41, 5.74) is 0. The zero-order chi connectivity index (χ0) is 11.6. The Morgan fingerprint density at radius 2 is 2.20 bits per heavy atom. The van der Waals surface area contributed by atoms with Crippen LogP contribution in [0, 0.1) is 5.92 Å². The molecule has 0 aromatic carbocycles. The van der Waals surface area contributed by atoms with Gasteiger partial charge in [-0.25, -0.2) is 8.42 Å². The van der Waals surface area contributed by atoms with Gasteiger partial charge in [-0.1, -0.05) is 31.5 Å². The summed E-state index contributed by atoms with van der Waals surface area (Å²) < 4.78 is 24.6. The molecule has 0 bridgehead atoms. The topological polar surface area (TPSA) is 37.4 Å². The predicted octanol–water partition coefficient (Wildman–Crippen LogP) is 2.19. The van der Waals surface area contributed by atoms with Crippen molar-refractivity contribution in [2.45, 2.75) is 32.7 Å². The van der Waals surface area contributed by atoms with Crippen molar-refractivity contribution in [3.8, 4) is 0 Å². The summed E-state index contributed by atoms with van der Waals surface area (Å²) in [4.78, 5) is 0. The lowest BCUT2D eigenvalue weighted by Crippen LogP contribution is -2.42. The molecule has 1 aliphatic heterocycles. The van der Waals surface area contributed by atoms with Crippen LogP contribution in [0.4, 0.5) is 0 Å². The number of hydrogen-bond acceptors (Lipinski definition) is 2. The third kappa shape index (κ3) is 3.78. The zero-order valence-electron chi connectivity index (χ0n) is 9.40. The minimum Gasteiger partial charge on any atom is -0.212 e. The van der Waals surface area contributed by atoms with E-state index in [2.05, 4.69) is 13.8 Å². The summed E-state index contributed by atoms with van der Waals surface area (Å²) in [6.45, 7) is 4.67. The van der Waals surface area contributed by atoms with Crippen LogP contribution in [0.1, 0.15) is 26.7 Å². The Kier molecular flexibility index (Phi) is 4.20. The van der Waals surface area contributed by atoms with Crippen LogP contribution in [0.25, 0.3) is 0 Å². The molecule has 0 spiro atoms. The minimum atomic E-state index is -3.11. The van der Waals surface area contributed by atoms with Crippen molar-refractivity contribution in [3.05, 3.63) is 11.1 Å². The number of rotatable bonds is 3. The van der Waals surface area contributed by atoms with E-state index in [4.69, 9.17) is 11.6 Å². The Bertz CT molecular complexity index is 348. The highest BCUT2D eigenvalue weighted by atomic mass is 35.5. The second kappa shape index (κ2) is 4.85. The summed E-state index contributed by atoms with van der Waals surface area (Å²) in [6, 6.07) is -0.0683. The molecule has 0 saturated carbocycles. The van der Waals surface area contributed by atoms with Gasteiger partial charge >= 0.3 is 0 Å². The fourth-order valence-corrected chi connectivity index (χ4v) is 3.13. The molecule has 0 saturated heterocycles. The van der Waals surface area contributed by atoms with E-state index in [-0.39, 0.29) is 6.04 Å². The fraction of sp³-hybridized carbons (Fsp3) is 0.800. The van der Waals surface area contributed by atoms with Gasteiger partial charge in [0.1, 0.15) is 0 Å². The molecule has 0 aromatic rings. The lowest BCUT2D eigenvalue weighted by molar-refractivity contribution is 0.315. The monoisotopic (exact) mass is 251 g/mol. The van der Waals surface area contributed by atoms with E-state index >= 15 is 0 Å². The van der Waals surface area contributed by atoms with E-state index in [1.54, 1.807) is 4.31 Å². The third-order valence-electron chi connectivity index (χ3n) is 2.45. The highest BCUT2D eigenvalue weighted by molar-refractivity contribution is 7.88. The lowest BCUT2D eigenvalue weighted by Gasteiger charge is -2.32. The maximum Gasteiger partial charge on any atom is 0.211 e. The molecule has 15 heavy (non-hydrogen) atoms. The first kappa shape index (κ1) is 13.0. The van der Waals surface area contributed by atoms with Crippen LogP contribution in [-0.2, 0) is 10.0 Å². The van der Waals surface area contributed by atoms with Gasteiger partial charge in [-0.3, -0.25) is 0 Å². The van der Waals surface area contributed by atoms with Gasteiger partial charge in [-0.2, -0.15) is 4.31 Å². The summed E-state index contributed by atoms with van der Waals surface area (Å²) >= 11 is 5.95. The van der Waals surface area contributed by atoms with E-state index < -0.39 is 10.0 Å². The Labute approximate surface area is 97.2 Å². The lowest BCUT2D eigenvalue weighted by atomic mass is 10.0. The van der Waals surface area contributed by atoms with E-state index in [9.17, 15) is 8.42 Å². The summed E-state index contributed by atoms with van der Waals surface area (Å²) in [5.74, 6) is 0.457. The molecule has 0 radical (unpaired) electrons. The van der Waals surface area contributed by atoms with E-state index in [1.807, 2.05) is 6.08 Å². The molecule has 0 amide bonds. The van der Waals surface area contributed by atoms with Gasteiger partial charge in [0.2, 0.25) is 10.0 Å². The van der Waals surface area contributed by atoms with Gasteiger partial charge in [0, 0.05) is 17.6 Å². The molecule has 0 N–H and O–H groups in total. The van der Waals surface area contributed by atoms with Crippen LogP contribution in [0.2, 0.25) is 0 Å². The molecule has 1 atom stereocenters. The molecule has 1 rings (SSSR count). The Balaban J connectivity index is 2.88. The van der Waals surface area contributed by atoms with Crippen LogP contribution >= 0.6 is 11.6 Å². The Morgan fingerprint density at radius 3 is 2.67 bits per heavy atom. The van der Waals surface area contributed by atoms with Gasteiger partial charge in [0.15, 0.2) is 0 Å². The fourth-order valence-electron chi connectivity index (χ4n) is 1.84. The zero-order valence-corrected chi connectivity index (χ0v) is 11.0. The molecule has 88 valence electrons. The number of sulfonamides is 1. The molecule has 1 aliphatic rings. The van der Waals surface area contributed by atoms with Crippen LogP contribution in [0.15, 0.2) is 11.1 Å². The van der Waals surface area contributed by atoms with Gasteiger partial charge < -0.3 is 0 Å². The summed E-state index contributed by atoms with van der Waals surface area (Å²) in [5, 5.41) is 0.778. The largest absolute Gasteiger partial charge is 0.212 e. The maximum atomic E-state index is 11.5. The molecule has 3 nitrogen and oxygen atoms in total. The van der Waals surface area contributed by atoms with E-state index in [1.165, 1.54) is 6.26 Å². The van der Waals surface area contributed by atoms with Crippen molar-refractivity contribution in [1.82, 2.24) is 4.31 Å². The van der Waals surface area contributed by atoms with Crippen LogP contribution in [0.3, 0.4) is 0 Å². The number of nitrogens with zero attached hydrogens (tertiary/aromatic N) is 1. The Morgan fingerprint density at radius 1 is 1.60 bits per heavy atom. The van der Waals surface area contributed by atoms with E-state index in [0.717, 1.165) is 11.5 Å². The SMILES string of the molecule is CC(C)CC1C=C(Cl)CCN1S(C)(=O)=O. The quantitative estimate of drug-likeness (QED) is 0.771. The van der Waals surface area contributed by atoms with Crippen molar-refractivity contribution in [1.29, 1.82) is 0 Å². The molecule has 0 fully saturated rings. The van der Waals surface area contributed by atoms with E-state index in [0.29, 0.717) is 18.9 Å². The van der Waals surface area contributed by atoms with Crippen molar-refractivity contribution < 1.29 is 8.42 Å². The second-order valence-corrected chi connectivity index (χ2v) is 6.85. The molecule has 0 aliphatic carbocycles. The van der Waals surface area contributed by atoms with Gasteiger partial charge in [-0.05, 0) is 18.8 Å². The molecule has 5 heteroatoms. The Hall–Kier alpha value is -0.0600. The van der Waals surface area contributed by atoms with Crippen LogP contribution < -0.4 is 0 Å².